The molecule has 0 unspecified atom stereocenters. The molecule has 4 heterocycles. The summed E-state index contributed by atoms with van der Waals surface area (Å²) in [4.78, 5) is 17.9. The fourth-order valence-electron chi connectivity index (χ4n) is 3.30. The molecular weight excluding hydrogens is 360 g/mol. The quantitative estimate of drug-likeness (QED) is 0.512. The van der Waals surface area contributed by atoms with E-state index in [9.17, 15) is 0 Å². The highest BCUT2D eigenvalue weighted by Crippen LogP contribution is 2.30. The Hall–Kier alpha value is -3.25. The molecule has 6 nitrogen and oxygen atoms in total. The van der Waals surface area contributed by atoms with Gasteiger partial charge < -0.3 is 5.32 Å². The molecule has 0 radical (unpaired) electrons. The van der Waals surface area contributed by atoms with Gasteiger partial charge in [0.1, 0.15) is 5.52 Å². The minimum atomic E-state index is 0.753. The molecule has 1 aromatic carbocycles. The lowest BCUT2D eigenvalue weighted by molar-refractivity contribution is 1.02. The van der Waals surface area contributed by atoms with Crippen molar-refractivity contribution in [3.8, 4) is 0 Å². The van der Waals surface area contributed by atoms with Gasteiger partial charge in [0.15, 0.2) is 11.3 Å². The number of nitrogens with one attached hydrogen (secondary N) is 1. The highest BCUT2D eigenvalue weighted by Gasteiger charge is 2.14. The maximum Gasteiger partial charge on any atom is 0.167 e. The summed E-state index contributed by atoms with van der Waals surface area (Å²) in [6.07, 6.45) is 9.74. The van der Waals surface area contributed by atoms with Gasteiger partial charge in [0.25, 0.3) is 0 Å². The fourth-order valence-corrected chi connectivity index (χ4v) is 3.51. The Morgan fingerprint density at radius 1 is 1.04 bits per heavy atom. The summed E-state index contributed by atoms with van der Waals surface area (Å²) < 4.78 is 1.94. The number of fused-ring (bicyclic) bond motifs is 4. The van der Waals surface area contributed by atoms with Gasteiger partial charge in [0, 0.05) is 35.5 Å². The predicted octanol–water partition coefficient (Wildman–Crippen LogP) is 4.13. The Morgan fingerprint density at radius 3 is 2.89 bits per heavy atom. The molecule has 5 aromatic rings. The van der Waals surface area contributed by atoms with Crippen LogP contribution in [0, 0.1) is 0 Å². The molecular formula is C20H15ClN6. The number of aromatic nitrogens is 5. The number of halogens is 1. The Labute approximate surface area is 159 Å². The van der Waals surface area contributed by atoms with E-state index in [-0.39, 0.29) is 0 Å². The van der Waals surface area contributed by atoms with Crippen LogP contribution in [0.4, 0.5) is 5.69 Å². The average molecular weight is 375 g/mol. The minimum Gasteiger partial charge on any atom is -0.382 e. The van der Waals surface area contributed by atoms with E-state index < -0.39 is 0 Å². The summed E-state index contributed by atoms with van der Waals surface area (Å²) in [5, 5.41) is 5.31. The monoisotopic (exact) mass is 374 g/mol. The number of hydrogen-bond acceptors (Lipinski definition) is 5. The number of imidazole rings is 1. The van der Waals surface area contributed by atoms with Crippen molar-refractivity contribution < 1.29 is 0 Å². The first kappa shape index (κ1) is 16.0. The van der Waals surface area contributed by atoms with Gasteiger partial charge in [-0.2, -0.15) is 0 Å². The molecule has 0 saturated carbocycles. The van der Waals surface area contributed by atoms with E-state index in [1.54, 1.807) is 24.8 Å². The van der Waals surface area contributed by atoms with Gasteiger partial charge >= 0.3 is 0 Å². The van der Waals surface area contributed by atoms with Gasteiger partial charge in [-0.15, -0.1) is 0 Å². The van der Waals surface area contributed by atoms with Crippen LogP contribution < -0.4 is 5.32 Å². The maximum atomic E-state index is 6.09. The van der Waals surface area contributed by atoms with E-state index in [1.165, 1.54) is 5.56 Å². The smallest absolute Gasteiger partial charge is 0.167 e. The summed E-state index contributed by atoms with van der Waals surface area (Å²) in [7, 11) is 0. The van der Waals surface area contributed by atoms with Gasteiger partial charge in [-0.3, -0.25) is 14.4 Å². The molecule has 132 valence electrons. The van der Waals surface area contributed by atoms with Crippen LogP contribution in [0.25, 0.3) is 27.7 Å². The van der Waals surface area contributed by atoms with Crippen molar-refractivity contribution in [3.63, 3.8) is 0 Å². The van der Waals surface area contributed by atoms with Crippen molar-refractivity contribution in [1.82, 2.24) is 24.3 Å². The van der Waals surface area contributed by atoms with Crippen molar-refractivity contribution in [3.05, 3.63) is 71.9 Å². The summed E-state index contributed by atoms with van der Waals surface area (Å²) in [5.74, 6) is 0. The second kappa shape index (κ2) is 6.48. The highest BCUT2D eigenvalue weighted by molar-refractivity contribution is 6.30. The topological polar surface area (TPSA) is 68.0 Å². The molecule has 4 aromatic heterocycles. The number of hydrogen-bond donors (Lipinski definition) is 1. The normalized spacial score (nSPS) is 11.4. The molecule has 7 heteroatoms. The van der Waals surface area contributed by atoms with Gasteiger partial charge in [-0.05, 0) is 30.2 Å². The van der Waals surface area contributed by atoms with Crippen LogP contribution in [-0.2, 0) is 6.42 Å². The lowest BCUT2D eigenvalue weighted by atomic mass is 10.1. The Balaban J connectivity index is 1.60. The van der Waals surface area contributed by atoms with Crippen molar-refractivity contribution >= 4 is 45.0 Å². The highest BCUT2D eigenvalue weighted by atomic mass is 35.5. The predicted molar refractivity (Wildman–Crippen MR) is 107 cm³/mol. The standard InChI is InChI=1S/C20H15ClN6/c21-14-3-1-2-13(10-14)4-7-24-18-15-5-6-22-11-16(15)25-20-19(18)26-17-12-23-8-9-27(17)20/h1-3,5-6,8-12H,4,7H2,(H,24,25). The van der Waals surface area contributed by atoms with Gasteiger partial charge in [0.05, 0.1) is 23.6 Å². The Kier molecular flexibility index (Phi) is 3.83. The molecule has 0 spiro atoms. The largest absolute Gasteiger partial charge is 0.382 e. The SMILES string of the molecule is Clc1cccc(CCNc2c3ccncc3nc3c2nc2cnccn23)c1. The summed E-state index contributed by atoms with van der Waals surface area (Å²) in [6.45, 7) is 0.753. The third-order valence-electron chi connectivity index (χ3n) is 4.54. The molecule has 0 fully saturated rings. The van der Waals surface area contributed by atoms with Crippen LogP contribution in [0.3, 0.4) is 0 Å². The molecule has 0 atom stereocenters. The lowest BCUT2D eigenvalue weighted by Crippen LogP contribution is -2.06. The number of nitrogens with zero attached hydrogens (tertiary/aromatic N) is 5. The zero-order valence-corrected chi connectivity index (χ0v) is 15.1. The average Bonchev–Trinajstić information content (AvgIpc) is 3.06. The van der Waals surface area contributed by atoms with Crippen LogP contribution in [0.15, 0.2) is 61.3 Å². The lowest BCUT2D eigenvalue weighted by Gasteiger charge is -2.10. The number of anilines is 1. The molecule has 0 amide bonds. The van der Waals surface area contributed by atoms with Crippen LogP contribution >= 0.6 is 11.6 Å². The Morgan fingerprint density at radius 2 is 1.96 bits per heavy atom. The van der Waals surface area contributed by atoms with Crippen molar-refractivity contribution in [2.24, 2.45) is 0 Å². The third kappa shape index (κ3) is 2.84. The van der Waals surface area contributed by atoms with Crippen LogP contribution in [0.1, 0.15) is 5.56 Å². The van der Waals surface area contributed by atoms with Gasteiger partial charge in [0.2, 0.25) is 0 Å². The van der Waals surface area contributed by atoms with Crippen LogP contribution in [0.2, 0.25) is 5.02 Å². The molecule has 0 bridgehead atoms. The fraction of sp³-hybridized carbons (Fsp3) is 0.100. The summed E-state index contributed by atoms with van der Waals surface area (Å²) >= 11 is 6.09. The maximum absolute atomic E-state index is 6.09. The molecule has 0 saturated heterocycles. The first-order valence-corrected chi connectivity index (χ1v) is 9.01. The first-order chi connectivity index (χ1) is 13.3. The van der Waals surface area contributed by atoms with E-state index in [4.69, 9.17) is 21.6 Å². The van der Waals surface area contributed by atoms with E-state index in [0.717, 1.165) is 51.4 Å². The molecule has 5 rings (SSSR count). The van der Waals surface area contributed by atoms with Crippen molar-refractivity contribution in [2.75, 3.05) is 11.9 Å². The molecule has 0 aliphatic carbocycles. The third-order valence-corrected chi connectivity index (χ3v) is 4.78. The van der Waals surface area contributed by atoms with Gasteiger partial charge in [-0.1, -0.05) is 23.7 Å². The minimum absolute atomic E-state index is 0.753. The van der Waals surface area contributed by atoms with E-state index in [0.29, 0.717) is 0 Å². The van der Waals surface area contributed by atoms with Gasteiger partial charge in [-0.25, -0.2) is 9.97 Å². The van der Waals surface area contributed by atoms with Crippen molar-refractivity contribution in [1.29, 1.82) is 0 Å². The van der Waals surface area contributed by atoms with Crippen molar-refractivity contribution in [2.45, 2.75) is 6.42 Å². The molecule has 0 aliphatic rings. The van der Waals surface area contributed by atoms with E-state index in [1.807, 2.05) is 34.9 Å². The van der Waals surface area contributed by atoms with Crippen LogP contribution in [0.5, 0.6) is 0 Å². The molecule has 1 N–H and O–H groups in total. The van der Waals surface area contributed by atoms with E-state index >= 15 is 0 Å². The second-order valence-corrected chi connectivity index (χ2v) is 6.71. The van der Waals surface area contributed by atoms with E-state index in [2.05, 4.69) is 21.4 Å². The molecule has 0 aliphatic heterocycles. The summed E-state index contributed by atoms with van der Waals surface area (Å²) in [6, 6.07) is 9.89. The summed E-state index contributed by atoms with van der Waals surface area (Å²) in [5.41, 5.74) is 5.36. The zero-order chi connectivity index (χ0) is 18.2. The second-order valence-electron chi connectivity index (χ2n) is 6.27. The Bertz CT molecular complexity index is 1280. The number of pyridine rings is 2. The zero-order valence-electron chi connectivity index (χ0n) is 14.3. The molecule has 27 heavy (non-hydrogen) atoms. The number of rotatable bonds is 4. The first-order valence-electron chi connectivity index (χ1n) is 8.63. The number of benzene rings is 1. The van der Waals surface area contributed by atoms with Crippen LogP contribution in [-0.4, -0.2) is 30.9 Å².